The molecule has 0 aromatic carbocycles. The van der Waals surface area contributed by atoms with Gasteiger partial charge < -0.3 is 36.7 Å². The molecule has 16 heteroatoms. The Morgan fingerprint density at radius 2 is 0.878 bits per heavy atom. The second-order valence-corrected chi connectivity index (χ2v) is 34.8. The molecule has 49 heavy (non-hydrogen) atoms. The average molecular weight is 757 g/mol. The van der Waals surface area contributed by atoms with E-state index in [0.717, 1.165) is 44.2 Å². The number of carbonyl (C=O) groups is 4. The maximum absolute atomic E-state index is 12.3. The van der Waals surface area contributed by atoms with Crippen LogP contribution in [0.25, 0.3) is 0 Å². The molecule has 0 radical (unpaired) electrons. The van der Waals surface area contributed by atoms with Gasteiger partial charge in [-0.2, -0.15) is 0 Å². The van der Waals surface area contributed by atoms with Crippen LogP contribution in [0.2, 0.25) is 75.5 Å². The van der Waals surface area contributed by atoms with Crippen molar-refractivity contribution >= 4 is 57.1 Å². The van der Waals surface area contributed by atoms with Crippen molar-refractivity contribution in [3.05, 3.63) is 0 Å². The molecule has 0 aliphatic carbocycles. The van der Waals surface area contributed by atoms with Gasteiger partial charge in [0.05, 0.1) is 48.1 Å². The number of hydrogen-bond acceptors (Lipinski definition) is 12. The highest BCUT2D eigenvalue weighted by Crippen LogP contribution is 2.57. The standard InChI is InChI=1S/C33H56O12Si4/c1-46(2,44-48(5,6)22-18-20-24-26(28(22)40-20)32(36)42-30(24)34)16-10-14-38-12-9-13-39-15-11-17-47(3,4)45-49(7,8)23-19-21-25-27(29(23)41-21)33(37)43-31(25)35/h20-29H,9-19H2,1-8H3. The van der Waals surface area contributed by atoms with Gasteiger partial charge >= 0.3 is 23.9 Å². The smallest absolute Gasteiger partial charge is 0.320 e. The first-order valence-corrected chi connectivity index (χ1v) is 30.5. The third-order valence-corrected chi connectivity index (χ3v) is 28.2. The molecule has 0 spiro atoms. The van der Waals surface area contributed by atoms with Crippen LogP contribution in [0.4, 0.5) is 0 Å². The summed E-state index contributed by atoms with van der Waals surface area (Å²) >= 11 is 0. The highest BCUT2D eigenvalue weighted by atomic mass is 28.4. The van der Waals surface area contributed by atoms with E-state index < -0.39 is 80.8 Å². The summed E-state index contributed by atoms with van der Waals surface area (Å²) in [6.45, 7) is 20.7. The molecule has 6 fully saturated rings. The van der Waals surface area contributed by atoms with E-state index in [-0.39, 0.29) is 35.5 Å². The Morgan fingerprint density at radius 1 is 0.531 bits per heavy atom. The predicted molar refractivity (Wildman–Crippen MR) is 187 cm³/mol. The van der Waals surface area contributed by atoms with Crippen LogP contribution in [-0.2, 0) is 55.8 Å². The van der Waals surface area contributed by atoms with Crippen molar-refractivity contribution in [1.29, 1.82) is 0 Å². The summed E-state index contributed by atoms with van der Waals surface area (Å²) in [6, 6.07) is 2.00. The summed E-state index contributed by atoms with van der Waals surface area (Å²) in [5.74, 6) is -3.43. The number of carbonyl (C=O) groups excluding carboxylic acids is 4. The molecule has 10 unspecified atom stereocenters. The van der Waals surface area contributed by atoms with Crippen molar-refractivity contribution in [2.75, 3.05) is 26.4 Å². The fourth-order valence-electron chi connectivity index (χ4n) is 9.81. The molecule has 0 aromatic rings. The minimum atomic E-state index is -2.18. The molecule has 6 aliphatic rings. The van der Waals surface area contributed by atoms with Crippen LogP contribution < -0.4 is 0 Å². The Hall–Kier alpha value is -1.09. The third-order valence-electron chi connectivity index (χ3n) is 11.8. The van der Waals surface area contributed by atoms with Crippen molar-refractivity contribution in [2.24, 2.45) is 23.7 Å². The molecule has 10 atom stereocenters. The highest BCUT2D eigenvalue weighted by Gasteiger charge is 2.68. The third kappa shape index (κ3) is 7.69. The monoisotopic (exact) mass is 756 g/mol. The first-order chi connectivity index (χ1) is 22.9. The van der Waals surface area contributed by atoms with Crippen LogP contribution in [0.15, 0.2) is 0 Å². The minimum Gasteiger partial charge on any atom is -0.455 e. The van der Waals surface area contributed by atoms with Gasteiger partial charge in [-0.25, -0.2) is 0 Å². The van der Waals surface area contributed by atoms with Crippen molar-refractivity contribution < 1.29 is 55.8 Å². The lowest BCUT2D eigenvalue weighted by molar-refractivity contribution is -0.158. The van der Waals surface area contributed by atoms with E-state index >= 15 is 0 Å². The number of hydrogen-bond donors (Lipinski definition) is 0. The van der Waals surface area contributed by atoms with Gasteiger partial charge in [-0.15, -0.1) is 0 Å². The molecule has 6 saturated heterocycles. The number of ether oxygens (including phenoxy) is 6. The van der Waals surface area contributed by atoms with Gasteiger partial charge in [-0.05, 0) is 96.6 Å². The Balaban J connectivity index is 0.809. The molecule has 6 rings (SSSR count). The van der Waals surface area contributed by atoms with Gasteiger partial charge in [0.15, 0.2) is 33.3 Å². The van der Waals surface area contributed by atoms with Crippen LogP contribution >= 0.6 is 0 Å². The van der Waals surface area contributed by atoms with Gasteiger partial charge in [-0.3, -0.25) is 19.2 Å². The molecule has 12 nitrogen and oxygen atoms in total. The van der Waals surface area contributed by atoms with E-state index in [0.29, 0.717) is 26.4 Å². The van der Waals surface area contributed by atoms with Gasteiger partial charge in [0.2, 0.25) is 0 Å². The largest absolute Gasteiger partial charge is 0.455 e. The molecule has 0 N–H and O–H groups in total. The molecule has 4 bridgehead atoms. The number of cyclic esters (lactones) is 4. The van der Waals surface area contributed by atoms with Crippen molar-refractivity contribution in [1.82, 2.24) is 0 Å². The summed E-state index contributed by atoms with van der Waals surface area (Å²) in [4.78, 5) is 48.8. The van der Waals surface area contributed by atoms with E-state index in [2.05, 4.69) is 52.4 Å². The molecular weight excluding hydrogens is 701 g/mol. The Morgan fingerprint density at radius 3 is 1.27 bits per heavy atom. The van der Waals surface area contributed by atoms with Gasteiger partial charge in [-0.1, -0.05) is 0 Å². The van der Waals surface area contributed by atoms with Gasteiger partial charge in [0.25, 0.3) is 0 Å². The second kappa shape index (κ2) is 14.0. The van der Waals surface area contributed by atoms with E-state index in [1.807, 2.05) is 0 Å². The maximum atomic E-state index is 12.3. The Bertz CT molecular complexity index is 1210. The van der Waals surface area contributed by atoms with Crippen molar-refractivity contribution in [3.63, 3.8) is 0 Å². The van der Waals surface area contributed by atoms with Crippen LogP contribution in [0.1, 0.15) is 32.1 Å². The molecule has 0 amide bonds. The van der Waals surface area contributed by atoms with E-state index in [1.54, 1.807) is 0 Å². The normalized spacial score (nSPS) is 35.3. The Labute approximate surface area is 294 Å². The molecular formula is C33H56O12Si4. The molecule has 0 saturated carbocycles. The average Bonchev–Trinajstić information content (AvgIpc) is 3.82. The zero-order valence-corrected chi connectivity index (χ0v) is 34.5. The number of esters is 4. The molecule has 0 aromatic heterocycles. The number of fused-ring (bicyclic) bond motifs is 10. The van der Waals surface area contributed by atoms with Crippen molar-refractivity contribution in [3.8, 4) is 0 Å². The van der Waals surface area contributed by atoms with E-state index in [1.165, 1.54) is 0 Å². The van der Waals surface area contributed by atoms with Crippen LogP contribution in [0, 0.1) is 23.7 Å². The summed E-state index contributed by atoms with van der Waals surface area (Å²) in [5, 5.41) is 0. The summed E-state index contributed by atoms with van der Waals surface area (Å²) in [5.41, 5.74) is 0.379. The van der Waals surface area contributed by atoms with Crippen LogP contribution in [0.3, 0.4) is 0 Å². The summed E-state index contributed by atoms with van der Waals surface area (Å²) in [7, 11) is -8.30. The molecule has 6 heterocycles. The van der Waals surface area contributed by atoms with Gasteiger partial charge in [0, 0.05) is 37.5 Å². The van der Waals surface area contributed by atoms with E-state index in [9.17, 15) is 19.2 Å². The quantitative estimate of drug-likeness (QED) is 0.0824. The van der Waals surface area contributed by atoms with Crippen LogP contribution in [0.5, 0.6) is 0 Å². The zero-order valence-electron chi connectivity index (χ0n) is 30.5. The maximum Gasteiger partial charge on any atom is 0.320 e. The zero-order chi connectivity index (χ0) is 35.5. The SMILES string of the molecule is C[Si](C)(CCCOCCCOCCC[Si](C)(C)O[Si](C)(C)C1CC2OC1C1C(=O)OC(=O)C21)O[Si](C)(C)C1CC2OC1C1C(=O)OC(=O)C21. The minimum absolute atomic E-state index is 0.190. The van der Waals surface area contributed by atoms with Crippen LogP contribution in [-0.4, -0.2) is 108 Å². The summed E-state index contributed by atoms with van der Waals surface area (Å²) < 4.78 is 47.8. The fourth-order valence-corrected chi connectivity index (χ4v) is 29.0. The first-order valence-electron chi connectivity index (χ1n) is 18.3. The topological polar surface area (TPSA) is 142 Å². The molecule has 276 valence electrons. The number of rotatable bonds is 18. The fraction of sp³-hybridized carbons (Fsp3) is 0.879. The second-order valence-electron chi connectivity index (χ2n) is 17.3. The lowest BCUT2D eigenvalue weighted by atomic mass is 9.81. The lowest BCUT2D eigenvalue weighted by Gasteiger charge is -2.41. The highest BCUT2D eigenvalue weighted by molar-refractivity contribution is 6.86. The predicted octanol–water partition coefficient (Wildman–Crippen LogP) is 4.76. The summed E-state index contributed by atoms with van der Waals surface area (Å²) in [6.07, 6.45) is 3.35. The van der Waals surface area contributed by atoms with E-state index in [4.69, 9.17) is 36.7 Å². The molecule has 6 aliphatic heterocycles. The lowest BCUT2D eigenvalue weighted by Crippen LogP contribution is -2.52. The Kier molecular flexibility index (Phi) is 10.8. The first kappa shape index (κ1) is 37.7. The van der Waals surface area contributed by atoms with Gasteiger partial charge in [0.1, 0.15) is 0 Å². The van der Waals surface area contributed by atoms with Crippen molar-refractivity contribution in [2.45, 2.75) is 132 Å².